The van der Waals surface area contributed by atoms with E-state index in [2.05, 4.69) is 41.5 Å². The maximum absolute atomic E-state index is 14.2. The Kier molecular flexibility index (Phi) is 5.96. The number of hydrogen-bond donors (Lipinski definition) is 0. The molecule has 0 fully saturated rings. The maximum atomic E-state index is 14.2. The molecule has 1 aromatic carbocycles. The summed E-state index contributed by atoms with van der Waals surface area (Å²) in [5.74, 6) is -0.162. The molecular formula is C18H29FO2Si. The van der Waals surface area contributed by atoms with E-state index in [4.69, 9.17) is 4.43 Å². The van der Waals surface area contributed by atoms with Crippen LogP contribution in [0.3, 0.4) is 0 Å². The van der Waals surface area contributed by atoms with Gasteiger partial charge in [0.25, 0.3) is 8.32 Å². The molecule has 0 spiro atoms. The highest BCUT2D eigenvalue weighted by atomic mass is 28.4. The van der Waals surface area contributed by atoms with Crippen LogP contribution in [0.5, 0.6) is 5.75 Å². The minimum Gasteiger partial charge on any atom is -0.542 e. The average Bonchev–Trinajstić information content (AvgIpc) is 2.37. The largest absolute Gasteiger partial charge is 0.542 e. The number of halogens is 1. The van der Waals surface area contributed by atoms with Crippen LogP contribution in [0.15, 0.2) is 12.1 Å². The lowest BCUT2D eigenvalue weighted by Crippen LogP contribution is -2.50. The third-order valence-corrected chi connectivity index (χ3v) is 10.6. The Morgan fingerprint density at radius 3 is 1.86 bits per heavy atom. The summed E-state index contributed by atoms with van der Waals surface area (Å²) >= 11 is 0. The molecule has 22 heavy (non-hydrogen) atoms. The lowest BCUT2D eigenvalue weighted by molar-refractivity contribution is 0.101. The van der Waals surface area contributed by atoms with Crippen LogP contribution in [-0.4, -0.2) is 14.1 Å². The quantitative estimate of drug-likeness (QED) is 0.481. The Labute approximate surface area is 135 Å². The van der Waals surface area contributed by atoms with E-state index in [0.717, 1.165) is 5.56 Å². The number of rotatable bonds is 6. The molecule has 2 nitrogen and oxygen atoms in total. The van der Waals surface area contributed by atoms with Crippen molar-refractivity contribution in [1.82, 2.24) is 0 Å². The van der Waals surface area contributed by atoms with Crippen molar-refractivity contribution in [3.63, 3.8) is 0 Å². The SMILES string of the molecule is CC(=O)c1cc(C)c(O[Si](C(C)C)(C(C)C)C(C)C)cc1F. The van der Waals surface area contributed by atoms with E-state index in [1.165, 1.54) is 13.0 Å². The summed E-state index contributed by atoms with van der Waals surface area (Å²) in [6.07, 6.45) is 0. The second-order valence-electron chi connectivity index (χ2n) is 7.07. The smallest absolute Gasteiger partial charge is 0.258 e. The monoisotopic (exact) mass is 324 g/mol. The highest BCUT2D eigenvalue weighted by molar-refractivity contribution is 6.78. The summed E-state index contributed by atoms with van der Waals surface area (Å²) in [7, 11) is -2.12. The van der Waals surface area contributed by atoms with Gasteiger partial charge in [-0.05, 0) is 42.1 Å². The number of ketones is 1. The van der Waals surface area contributed by atoms with Crippen LogP contribution < -0.4 is 4.43 Å². The van der Waals surface area contributed by atoms with Gasteiger partial charge >= 0.3 is 0 Å². The van der Waals surface area contributed by atoms with Crippen molar-refractivity contribution in [2.24, 2.45) is 0 Å². The van der Waals surface area contributed by atoms with Crippen LogP contribution in [0.25, 0.3) is 0 Å². The standard InChI is InChI=1S/C18H29FO2Si/c1-11(2)22(12(3)4,13(5)6)21-18-10-17(19)16(15(8)20)9-14(18)7/h9-13H,1-8H3. The molecule has 0 aliphatic rings. The number of aryl methyl sites for hydroxylation is 1. The number of Topliss-reactive ketones (excluding diaryl/α,β-unsaturated/α-hetero) is 1. The van der Waals surface area contributed by atoms with Crippen molar-refractivity contribution in [2.75, 3.05) is 0 Å². The number of benzene rings is 1. The van der Waals surface area contributed by atoms with Crippen LogP contribution in [0.4, 0.5) is 4.39 Å². The zero-order valence-electron chi connectivity index (χ0n) is 15.1. The Hall–Kier alpha value is -1.16. The zero-order chi connectivity index (χ0) is 17.2. The second-order valence-corrected chi connectivity index (χ2v) is 12.4. The van der Waals surface area contributed by atoms with Gasteiger partial charge in [0.2, 0.25) is 0 Å². The summed E-state index contributed by atoms with van der Waals surface area (Å²) in [6, 6.07) is 2.99. The molecule has 124 valence electrons. The summed E-state index contributed by atoms with van der Waals surface area (Å²) in [4.78, 5) is 11.5. The Bertz CT molecular complexity index is 528. The van der Waals surface area contributed by atoms with Crippen LogP contribution in [0.1, 0.15) is 64.4 Å². The summed E-state index contributed by atoms with van der Waals surface area (Å²) in [5.41, 5.74) is 2.22. The van der Waals surface area contributed by atoms with Crippen LogP contribution in [-0.2, 0) is 0 Å². The van der Waals surface area contributed by atoms with Gasteiger partial charge < -0.3 is 4.43 Å². The highest BCUT2D eigenvalue weighted by Gasteiger charge is 2.47. The van der Waals surface area contributed by atoms with Crippen LogP contribution in [0, 0.1) is 12.7 Å². The first kappa shape index (κ1) is 18.9. The molecule has 0 N–H and O–H groups in total. The molecule has 1 aromatic rings. The van der Waals surface area contributed by atoms with E-state index in [1.807, 2.05) is 6.92 Å². The number of carbonyl (C=O) groups excluding carboxylic acids is 1. The predicted octanol–water partition coefficient (Wildman–Crippen LogP) is 5.89. The molecule has 1 rings (SSSR count). The lowest BCUT2D eigenvalue weighted by Gasteiger charge is -2.42. The molecule has 0 amide bonds. The molecule has 0 radical (unpaired) electrons. The second kappa shape index (κ2) is 6.94. The number of hydrogen-bond acceptors (Lipinski definition) is 2. The molecule has 0 atom stereocenters. The van der Waals surface area contributed by atoms with Gasteiger partial charge in [0.1, 0.15) is 11.6 Å². The lowest BCUT2D eigenvalue weighted by atomic mass is 10.1. The van der Waals surface area contributed by atoms with Gasteiger partial charge in [0.05, 0.1) is 5.56 Å². The molecule has 0 heterocycles. The average molecular weight is 325 g/mol. The third kappa shape index (κ3) is 3.42. The van der Waals surface area contributed by atoms with E-state index in [1.54, 1.807) is 6.07 Å². The van der Waals surface area contributed by atoms with Crippen molar-refractivity contribution in [3.8, 4) is 5.75 Å². The van der Waals surface area contributed by atoms with Gasteiger partial charge in [0.15, 0.2) is 5.78 Å². The van der Waals surface area contributed by atoms with Gasteiger partial charge in [0, 0.05) is 6.07 Å². The van der Waals surface area contributed by atoms with Crippen molar-refractivity contribution < 1.29 is 13.6 Å². The Morgan fingerprint density at radius 2 is 1.50 bits per heavy atom. The summed E-state index contributed by atoms with van der Waals surface area (Å²) < 4.78 is 20.7. The fraction of sp³-hybridized carbons (Fsp3) is 0.611. The molecule has 0 bridgehead atoms. The molecule has 0 aliphatic heterocycles. The van der Waals surface area contributed by atoms with Crippen molar-refractivity contribution >= 4 is 14.1 Å². The minimum atomic E-state index is -2.12. The van der Waals surface area contributed by atoms with Crippen LogP contribution >= 0.6 is 0 Å². The first-order valence-corrected chi connectivity index (χ1v) is 10.2. The van der Waals surface area contributed by atoms with Crippen molar-refractivity contribution in [3.05, 3.63) is 29.1 Å². The molecule has 4 heteroatoms. The third-order valence-electron chi connectivity index (χ3n) is 4.64. The minimum absolute atomic E-state index is 0.135. The van der Waals surface area contributed by atoms with E-state index in [9.17, 15) is 9.18 Å². The number of carbonyl (C=O) groups is 1. The molecule has 0 unspecified atom stereocenters. The van der Waals surface area contributed by atoms with Crippen molar-refractivity contribution in [2.45, 2.75) is 72.0 Å². The van der Waals surface area contributed by atoms with E-state index in [-0.39, 0.29) is 11.3 Å². The Morgan fingerprint density at radius 1 is 1.05 bits per heavy atom. The van der Waals surface area contributed by atoms with Gasteiger partial charge in [-0.2, -0.15) is 0 Å². The summed E-state index contributed by atoms with van der Waals surface area (Å²) in [6.45, 7) is 16.4. The van der Waals surface area contributed by atoms with E-state index < -0.39 is 14.1 Å². The summed E-state index contributed by atoms with van der Waals surface area (Å²) in [5, 5.41) is 0. The molecular weight excluding hydrogens is 295 g/mol. The van der Waals surface area contributed by atoms with E-state index >= 15 is 0 Å². The van der Waals surface area contributed by atoms with Gasteiger partial charge in [-0.1, -0.05) is 41.5 Å². The topological polar surface area (TPSA) is 26.3 Å². The van der Waals surface area contributed by atoms with E-state index in [0.29, 0.717) is 22.4 Å². The van der Waals surface area contributed by atoms with Gasteiger partial charge in [-0.25, -0.2) is 4.39 Å². The van der Waals surface area contributed by atoms with Crippen LogP contribution in [0.2, 0.25) is 16.6 Å². The molecule has 0 aliphatic carbocycles. The fourth-order valence-electron chi connectivity index (χ4n) is 3.59. The van der Waals surface area contributed by atoms with Crippen molar-refractivity contribution in [1.29, 1.82) is 0 Å². The van der Waals surface area contributed by atoms with Gasteiger partial charge in [-0.3, -0.25) is 4.79 Å². The predicted molar refractivity (Wildman–Crippen MR) is 92.8 cm³/mol. The maximum Gasteiger partial charge on any atom is 0.258 e. The molecule has 0 aromatic heterocycles. The molecule has 0 saturated heterocycles. The normalized spacial score (nSPS) is 12.4. The zero-order valence-corrected chi connectivity index (χ0v) is 16.1. The first-order chi connectivity index (χ1) is 10.0. The van der Waals surface area contributed by atoms with Gasteiger partial charge in [-0.15, -0.1) is 0 Å². The fourth-order valence-corrected chi connectivity index (χ4v) is 8.89. The Balaban J connectivity index is 3.37. The highest BCUT2D eigenvalue weighted by Crippen LogP contribution is 2.43. The first-order valence-electron chi connectivity index (χ1n) is 8.04. The molecule has 0 saturated carbocycles.